The standard InChI is InChI=1S/C50H58N4O/c1-11-13-21-33(3)36-28-38(53(45(51)20-12-2)47-34(4)22-19-26-40(47)35-23-15-14-16-24-35)32-39(29-36)54-44-27-18-17-25-41(44)46(52-54)42-30-37(49(5,6)7)31-43(48(42)55)50(8,9)10/h11-18,20-21,23-25,27-32,34,55H,2,19,22,26,51H2,1,3-10H3/b13-11-,33-21+,45-20+. The first-order valence-electron chi connectivity index (χ1n) is 19.6. The first-order chi connectivity index (χ1) is 26.1. The fourth-order valence-corrected chi connectivity index (χ4v) is 7.75. The van der Waals surface area contributed by atoms with Crippen molar-refractivity contribution in [2.24, 2.45) is 11.7 Å². The number of benzene rings is 4. The molecule has 55 heavy (non-hydrogen) atoms. The number of aromatic hydroxyl groups is 1. The Balaban J connectivity index is 1.68. The number of phenolic OH excluding ortho intramolecular Hbond substituents is 1. The SMILES string of the molecule is C=C/C=C(\N)N(C1=C(c2ccccc2)CCCC1C)c1cc(/C(C)=C/C=C\C)cc(-n2nc(-c3cc(C(C)(C)C)cc(C(C)(C)C)c3O)c3ccccc32)c1. The summed E-state index contributed by atoms with van der Waals surface area (Å²) in [6.07, 6.45) is 13.1. The fourth-order valence-electron chi connectivity index (χ4n) is 7.75. The summed E-state index contributed by atoms with van der Waals surface area (Å²) in [7, 11) is 0. The quantitative estimate of drug-likeness (QED) is 0.148. The Morgan fingerprint density at radius 2 is 1.64 bits per heavy atom. The molecule has 0 amide bonds. The molecule has 3 N–H and O–H groups in total. The van der Waals surface area contributed by atoms with Crippen LogP contribution < -0.4 is 10.6 Å². The molecule has 5 heteroatoms. The molecule has 1 aliphatic rings. The number of allylic oxidation sites excluding steroid dienone is 8. The van der Waals surface area contributed by atoms with Crippen molar-refractivity contribution in [3.63, 3.8) is 0 Å². The van der Waals surface area contributed by atoms with Crippen molar-refractivity contribution in [1.29, 1.82) is 0 Å². The molecule has 0 saturated carbocycles. The van der Waals surface area contributed by atoms with Crippen molar-refractivity contribution < 1.29 is 5.11 Å². The molecule has 0 bridgehead atoms. The van der Waals surface area contributed by atoms with Gasteiger partial charge in [-0.2, -0.15) is 5.10 Å². The van der Waals surface area contributed by atoms with E-state index in [1.807, 2.05) is 29.8 Å². The van der Waals surface area contributed by atoms with E-state index in [-0.39, 0.29) is 22.5 Å². The number of phenols is 1. The van der Waals surface area contributed by atoms with Crippen LogP contribution in [0, 0.1) is 5.92 Å². The number of aromatic nitrogens is 2. The molecular weight excluding hydrogens is 673 g/mol. The van der Waals surface area contributed by atoms with Gasteiger partial charge in [-0.15, -0.1) is 0 Å². The molecule has 5 nitrogen and oxygen atoms in total. The highest BCUT2D eigenvalue weighted by Crippen LogP contribution is 2.45. The molecule has 0 fully saturated rings. The van der Waals surface area contributed by atoms with E-state index >= 15 is 0 Å². The summed E-state index contributed by atoms with van der Waals surface area (Å²) in [4.78, 5) is 2.24. The molecule has 0 aliphatic heterocycles. The van der Waals surface area contributed by atoms with Crippen LogP contribution in [-0.2, 0) is 10.8 Å². The summed E-state index contributed by atoms with van der Waals surface area (Å²) in [6.45, 7) is 23.6. The smallest absolute Gasteiger partial charge is 0.128 e. The molecule has 284 valence electrons. The van der Waals surface area contributed by atoms with Gasteiger partial charge in [0.05, 0.1) is 11.2 Å². The third kappa shape index (κ3) is 7.98. The zero-order valence-electron chi connectivity index (χ0n) is 34.2. The number of hydrogen-bond donors (Lipinski definition) is 2. The maximum Gasteiger partial charge on any atom is 0.128 e. The van der Waals surface area contributed by atoms with E-state index in [1.54, 1.807) is 6.08 Å². The Morgan fingerprint density at radius 1 is 0.927 bits per heavy atom. The molecule has 1 unspecified atom stereocenters. The van der Waals surface area contributed by atoms with E-state index in [1.165, 1.54) is 16.8 Å². The number of nitrogens with two attached hydrogens (primary N) is 1. The van der Waals surface area contributed by atoms with Gasteiger partial charge >= 0.3 is 0 Å². The van der Waals surface area contributed by atoms with Gasteiger partial charge in [0.25, 0.3) is 0 Å². The highest BCUT2D eigenvalue weighted by molar-refractivity contribution is 5.96. The van der Waals surface area contributed by atoms with Gasteiger partial charge < -0.3 is 15.7 Å². The third-order valence-electron chi connectivity index (χ3n) is 10.8. The summed E-state index contributed by atoms with van der Waals surface area (Å²) < 4.78 is 2.03. The predicted octanol–water partition coefficient (Wildman–Crippen LogP) is 13.0. The van der Waals surface area contributed by atoms with Crippen LogP contribution in [0.25, 0.3) is 39.0 Å². The highest BCUT2D eigenvalue weighted by Gasteiger charge is 2.30. The molecule has 1 aliphatic carbocycles. The van der Waals surface area contributed by atoms with Crippen molar-refractivity contribution >= 4 is 27.7 Å². The first kappa shape index (κ1) is 39.2. The van der Waals surface area contributed by atoms with E-state index < -0.39 is 0 Å². The van der Waals surface area contributed by atoms with E-state index in [9.17, 15) is 5.11 Å². The number of fused-ring (bicyclic) bond motifs is 1. The van der Waals surface area contributed by atoms with Gasteiger partial charge in [0.2, 0.25) is 0 Å². The summed E-state index contributed by atoms with van der Waals surface area (Å²) in [5, 5.41) is 18.4. The molecule has 5 aromatic rings. The Bertz CT molecular complexity index is 2340. The maximum absolute atomic E-state index is 12.0. The summed E-state index contributed by atoms with van der Waals surface area (Å²) >= 11 is 0. The van der Waals surface area contributed by atoms with Gasteiger partial charge in [0.1, 0.15) is 17.3 Å². The predicted molar refractivity (Wildman–Crippen MR) is 235 cm³/mol. The van der Waals surface area contributed by atoms with Crippen LogP contribution in [0.15, 0.2) is 133 Å². The molecule has 1 atom stereocenters. The monoisotopic (exact) mass is 730 g/mol. The Morgan fingerprint density at radius 3 is 2.31 bits per heavy atom. The number of para-hydroxylation sites is 1. The van der Waals surface area contributed by atoms with E-state index in [2.05, 4.69) is 158 Å². The van der Waals surface area contributed by atoms with Crippen molar-refractivity contribution in [3.8, 4) is 22.7 Å². The molecule has 1 heterocycles. The van der Waals surface area contributed by atoms with Gasteiger partial charge in [0, 0.05) is 27.9 Å². The summed E-state index contributed by atoms with van der Waals surface area (Å²) in [5.74, 6) is 1.14. The normalized spacial score (nSPS) is 16.0. The number of hydrogen-bond acceptors (Lipinski definition) is 4. The minimum absolute atomic E-state index is 0.132. The van der Waals surface area contributed by atoms with E-state index in [0.717, 1.165) is 75.1 Å². The molecule has 0 spiro atoms. The maximum atomic E-state index is 12.0. The molecule has 0 radical (unpaired) electrons. The van der Waals surface area contributed by atoms with Crippen molar-refractivity contribution in [2.75, 3.05) is 4.90 Å². The zero-order chi connectivity index (χ0) is 39.7. The number of nitrogens with zero attached hydrogens (tertiary/aromatic N) is 3. The van der Waals surface area contributed by atoms with Gasteiger partial charge in [0.15, 0.2) is 0 Å². The molecule has 4 aromatic carbocycles. The summed E-state index contributed by atoms with van der Waals surface area (Å²) in [6, 6.07) is 29.9. The molecular formula is C50H58N4O. The first-order valence-corrected chi connectivity index (χ1v) is 19.6. The van der Waals surface area contributed by atoms with Crippen LogP contribution in [0.4, 0.5) is 5.69 Å². The van der Waals surface area contributed by atoms with Crippen LogP contribution in [0.2, 0.25) is 0 Å². The molecule has 0 saturated heterocycles. The van der Waals surface area contributed by atoms with Crippen molar-refractivity contribution in [1.82, 2.24) is 9.78 Å². The topological polar surface area (TPSA) is 67.3 Å². The number of rotatable bonds is 9. The lowest BCUT2D eigenvalue weighted by Crippen LogP contribution is -2.32. The van der Waals surface area contributed by atoms with Gasteiger partial charge in [-0.1, -0.05) is 134 Å². The minimum Gasteiger partial charge on any atom is -0.507 e. The Kier molecular flexibility index (Phi) is 11.2. The Labute approximate surface area is 328 Å². The fraction of sp³-hybridized carbons (Fsp3) is 0.300. The number of anilines is 1. The van der Waals surface area contributed by atoms with Gasteiger partial charge in [-0.25, -0.2) is 4.68 Å². The lowest BCUT2D eigenvalue weighted by Gasteiger charge is -2.37. The van der Waals surface area contributed by atoms with Crippen molar-refractivity contribution in [3.05, 3.63) is 156 Å². The van der Waals surface area contributed by atoms with Crippen LogP contribution in [-0.4, -0.2) is 14.9 Å². The summed E-state index contributed by atoms with van der Waals surface area (Å²) in [5.41, 5.74) is 18.9. The molecule has 6 rings (SSSR count). The second-order valence-corrected chi connectivity index (χ2v) is 17.0. The second kappa shape index (κ2) is 15.7. The lowest BCUT2D eigenvalue weighted by molar-refractivity contribution is 0.446. The third-order valence-corrected chi connectivity index (χ3v) is 10.8. The van der Waals surface area contributed by atoms with Crippen LogP contribution in [0.1, 0.15) is 104 Å². The van der Waals surface area contributed by atoms with Crippen LogP contribution in [0.3, 0.4) is 0 Å². The minimum atomic E-state index is -0.273. The lowest BCUT2D eigenvalue weighted by atomic mass is 9.78. The molecule has 1 aromatic heterocycles. The second-order valence-electron chi connectivity index (χ2n) is 17.0. The Hall–Kier alpha value is -5.55. The largest absolute Gasteiger partial charge is 0.507 e. The van der Waals surface area contributed by atoms with E-state index in [4.69, 9.17) is 10.8 Å². The van der Waals surface area contributed by atoms with Crippen molar-refractivity contribution in [2.45, 2.75) is 92.4 Å². The van der Waals surface area contributed by atoms with Gasteiger partial charge in [-0.05, 0) is 114 Å². The van der Waals surface area contributed by atoms with Gasteiger partial charge in [-0.3, -0.25) is 0 Å². The zero-order valence-corrected chi connectivity index (χ0v) is 34.2. The van der Waals surface area contributed by atoms with Crippen LogP contribution in [0.5, 0.6) is 5.75 Å². The highest BCUT2D eigenvalue weighted by atomic mass is 16.3. The average molecular weight is 731 g/mol. The average Bonchev–Trinajstić information content (AvgIpc) is 3.53. The van der Waals surface area contributed by atoms with Crippen LogP contribution >= 0.6 is 0 Å². The van der Waals surface area contributed by atoms with E-state index in [0.29, 0.717) is 5.82 Å².